The third-order valence-electron chi connectivity index (χ3n) is 15.0. The molecule has 4 bridgehead atoms. The summed E-state index contributed by atoms with van der Waals surface area (Å²) in [5, 5.41) is 10.6. The largest absolute Gasteiger partial charge is 0.0616 e. The van der Waals surface area contributed by atoms with Crippen molar-refractivity contribution in [2.75, 3.05) is 0 Å². The molecular formula is C56H42. The van der Waals surface area contributed by atoms with Crippen LogP contribution in [0, 0.1) is 23.7 Å². The van der Waals surface area contributed by atoms with Crippen LogP contribution in [0.25, 0.3) is 87.6 Å². The Labute approximate surface area is 328 Å². The van der Waals surface area contributed by atoms with Crippen LogP contribution in [0.4, 0.5) is 0 Å². The third-order valence-corrected chi connectivity index (χ3v) is 15.0. The highest BCUT2D eigenvalue weighted by molar-refractivity contribution is 6.23. The van der Waals surface area contributed by atoms with Gasteiger partial charge in [0.2, 0.25) is 0 Å². The molecule has 14 rings (SSSR count). The van der Waals surface area contributed by atoms with Gasteiger partial charge in [-0.1, -0.05) is 170 Å². The van der Waals surface area contributed by atoms with Gasteiger partial charge in [0.15, 0.2) is 0 Å². The summed E-state index contributed by atoms with van der Waals surface area (Å²) in [5.41, 5.74) is 14.3. The molecule has 266 valence electrons. The Morgan fingerprint density at radius 2 is 0.786 bits per heavy atom. The first-order chi connectivity index (χ1) is 27.8. The van der Waals surface area contributed by atoms with Crippen molar-refractivity contribution in [2.45, 2.75) is 37.5 Å². The van der Waals surface area contributed by atoms with Crippen LogP contribution in [-0.2, 0) is 5.41 Å². The van der Waals surface area contributed by atoms with E-state index < -0.39 is 0 Å². The summed E-state index contributed by atoms with van der Waals surface area (Å²) < 4.78 is 0. The van der Waals surface area contributed by atoms with E-state index in [4.69, 9.17) is 0 Å². The first-order valence-electron chi connectivity index (χ1n) is 20.9. The van der Waals surface area contributed by atoms with E-state index in [1.807, 2.05) is 0 Å². The zero-order valence-electron chi connectivity index (χ0n) is 31.5. The zero-order valence-corrected chi connectivity index (χ0v) is 31.5. The van der Waals surface area contributed by atoms with Gasteiger partial charge in [0.1, 0.15) is 0 Å². The summed E-state index contributed by atoms with van der Waals surface area (Å²) in [6, 6.07) is 64.9. The number of hydrogen-bond acceptors (Lipinski definition) is 0. The second-order valence-corrected chi connectivity index (χ2v) is 17.6. The van der Waals surface area contributed by atoms with E-state index in [-0.39, 0.29) is 5.41 Å². The standard InChI is InChI=1S/C56H42/c1-3-14-42-36(11-1)13-9-20-43(42)38-23-25-39(26-24-38)52-45-16-5-7-18-47(45)53(48-19-8-6-17-46(48)52)49-21-10-22-50-55(49)54-44-15-4-2-12-37(44)27-28-51(54)56(50)40-30-34-29-35(32-40)33-41(56)31-34/h1-28,34-35,40-41H,29-33H2. The molecule has 0 saturated heterocycles. The van der Waals surface area contributed by atoms with Gasteiger partial charge >= 0.3 is 0 Å². The number of fused-ring (bicyclic) bond motifs is 8. The Hall–Kier alpha value is -5.98. The van der Waals surface area contributed by atoms with Crippen molar-refractivity contribution in [3.8, 4) is 44.5 Å². The van der Waals surface area contributed by atoms with Gasteiger partial charge in [-0.2, -0.15) is 0 Å². The van der Waals surface area contributed by atoms with E-state index in [0.717, 1.165) is 23.7 Å². The predicted octanol–water partition coefficient (Wildman–Crippen LogP) is 15.0. The van der Waals surface area contributed by atoms with E-state index in [2.05, 4.69) is 170 Å². The van der Waals surface area contributed by atoms with Crippen molar-refractivity contribution in [1.29, 1.82) is 0 Å². The molecule has 0 radical (unpaired) electrons. The minimum absolute atomic E-state index is 0.107. The lowest BCUT2D eigenvalue weighted by atomic mass is 9.43. The molecule has 5 aliphatic carbocycles. The first kappa shape index (κ1) is 31.2. The van der Waals surface area contributed by atoms with Crippen LogP contribution in [0.15, 0.2) is 170 Å². The lowest BCUT2D eigenvalue weighted by Crippen LogP contribution is -2.55. The lowest BCUT2D eigenvalue weighted by molar-refractivity contribution is -0.0399. The van der Waals surface area contributed by atoms with E-state index in [1.165, 1.54) is 120 Å². The monoisotopic (exact) mass is 714 g/mol. The molecule has 4 fully saturated rings. The lowest BCUT2D eigenvalue weighted by Gasteiger charge is -2.61. The average molecular weight is 715 g/mol. The summed E-state index contributed by atoms with van der Waals surface area (Å²) in [6.07, 6.45) is 7.04. The summed E-state index contributed by atoms with van der Waals surface area (Å²) >= 11 is 0. The molecule has 0 heterocycles. The summed E-state index contributed by atoms with van der Waals surface area (Å²) in [7, 11) is 0. The maximum absolute atomic E-state index is 2.57. The van der Waals surface area contributed by atoms with Crippen LogP contribution >= 0.6 is 0 Å². The van der Waals surface area contributed by atoms with Crippen molar-refractivity contribution in [3.05, 3.63) is 181 Å². The van der Waals surface area contributed by atoms with E-state index in [9.17, 15) is 0 Å². The van der Waals surface area contributed by atoms with Crippen LogP contribution in [0.2, 0.25) is 0 Å². The second kappa shape index (κ2) is 11.5. The summed E-state index contributed by atoms with van der Waals surface area (Å²) in [4.78, 5) is 0. The normalized spacial score (nSPS) is 23.1. The van der Waals surface area contributed by atoms with Crippen LogP contribution in [0.1, 0.15) is 43.2 Å². The molecule has 9 aromatic carbocycles. The SMILES string of the molecule is c1cc(-c2c3ccccc3c(-c3ccc(-c4cccc5ccccc45)cc3)c3ccccc23)c2c(c1)C1(c3ccc4ccccc4c3-2)C2CC3CC(C2)CC1C3. The van der Waals surface area contributed by atoms with Crippen molar-refractivity contribution in [3.63, 3.8) is 0 Å². The molecule has 5 aliphatic rings. The topological polar surface area (TPSA) is 0 Å². The van der Waals surface area contributed by atoms with Crippen LogP contribution in [0.3, 0.4) is 0 Å². The van der Waals surface area contributed by atoms with Gasteiger partial charge < -0.3 is 0 Å². The predicted molar refractivity (Wildman–Crippen MR) is 236 cm³/mol. The molecule has 56 heavy (non-hydrogen) atoms. The van der Waals surface area contributed by atoms with Crippen molar-refractivity contribution in [1.82, 2.24) is 0 Å². The van der Waals surface area contributed by atoms with Crippen LogP contribution in [-0.4, -0.2) is 0 Å². The van der Waals surface area contributed by atoms with E-state index >= 15 is 0 Å². The Balaban J connectivity index is 1.07. The Kier molecular flexibility index (Phi) is 6.43. The molecule has 0 amide bonds. The molecule has 9 aromatic rings. The van der Waals surface area contributed by atoms with Gasteiger partial charge in [0, 0.05) is 5.41 Å². The molecule has 0 aliphatic heterocycles. The van der Waals surface area contributed by atoms with E-state index in [0.29, 0.717) is 0 Å². The van der Waals surface area contributed by atoms with Crippen molar-refractivity contribution >= 4 is 43.1 Å². The second-order valence-electron chi connectivity index (χ2n) is 17.6. The molecule has 0 aromatic heterocycles. The van der Waals surface area contributed by atoms with Gasteiger partial charge in [0.25, 0.3) is 0 Å². The van der Waals surface area contributed by atoms with Gasteiger partial charge in [-0.15, -0.1) is 0 Å². The van der Waals surface area contributed by atoms with Crippen LogP contribution in [0.5, 0.6) is 0 Å². The molecular weight excluding hydrogens is 673 g/mol. The smallest absolute Gasteiger partial charge is 0.0272 e. The Morgan fingerprint density at radius 3 is 1.45 bits per heavy atom. The van der Waals surface area contributed by atoms with Crippen molar-refractivity contribution in [2.24, 2.45) is 23.7 Å². The number of hydrogen-bond donors (Lipinski definition) is 0. The fraction of sp³-hybridized carbons (Fsp3) is 0.179. The highest BCUT2D eigenvalue weighted by Crippen LogP contribution is 2.71. The third kappa shape index (κ3) is 4.09. The average Bonchev–Trinajstić information content (AvgIpc) is 3.56. The minimum Gasteiger partial charge on any atom is -0.0616 e. The quantitative estimate of drug-likeness (QED) is 0.160. The maximum atomic E-state index is 2.57. The summed E-state index contributed by atoms with van der Waals surface area (Å²) in [5.74, 6) is 3.28. The molecule has 1 spiro atoms. The van der Waals surface area contributed by atoms with Gasteiger partial charge in [0.05, 0.1) is 0 Å². The number of benzene rings is 9. The first-order valence-corrected chi connectivity index (χ1v) is 20.9. The van der Waals surface area contributed by atoms with Gasteiger partial charge in [-0.05, 0) is 155 Å². The highest BCUT2D eigenvalue weighted by Gasteiger charge is 2.62. The number of rotatable bonds is 3. The van der Waals surface area contributed by atoms with Crippen molar-refractivity contribution < 1.29 is 0 Å². The van der Waals surface area contributed by atoms with Crippen LogP contribution < -0.4 is 0 Å². The van der Waals surface area contributed by atoms with Gasteiger partial charge in [-0.25, -0.2) is 0 Å². The molecule has 0 atom stereocenters. The Morgan fingerprint density at radius 1 is 0.304 bits per heavy atom. The molecule has 0 N–H and O–H groups in total. The Bertz CT molecular complexity index is 3000. The fourth-order valence-corrected chi connectivity index (χ4v) is 13.2. The highest BCUT2D eigenvalue weighted by atomic mass is 14.6. The van der Waals surface area contributed by atoms with Gasteiger partial charge in [-0.3, -0.25) is 0 Å². The zero-order chi connectivity index (χ0) is 36.5. The summed E-state index contributed by atoms with van der Waals surface area (Å²) in [6.45, 7) is 0. The molecule has 0 nitrogen and oxygen atoms in total. The molecule has 0 heteroatoms. The fourth-order valence-electron chi connectivity index (χ4n) is 13.2. The molecule has 4 saturated carbocycles. The molecule has 0 unspecified atom stereocenters. The maximum Gasteiger partial charge on any atom is 0.0272 e. The van der Waals surface area contributed by atoms with E-state index in [1.54, 1.807) is 11.1 Å². The minimum atomic E-state index is 0.107.